The molecule has 0 rings (SSSR count). The molecule has 0 amide bonds. The summed E-state index contributed by atoms with van der Waals surface area (Å²) in [6.45, 7) is 4.88. The summed E-state index contributed by atoms with van der Waals surface area (Å²) >= 11 is 0. The molecule has 0 aromatic carbocycles. The minimum atomic E-state index is -0.952. The Morgan fingerprint density at radius 2 is 2.00 bits per heavy atom. The Kier molecular flexibility index (Phi) is 9.24. The van der Waals surface area contributed by atoms with Gasteiger partial charge in [0.2, 0.25) is 0 Å². The molecular weight excluding hydrogens is 208 g/mol. The van der Waals surface area contributed by atoms with Crippen LogP contribution in [-0.4, -0.2) is 37.5 Å². The monoisotopic (exact) mass is 232 g/mol. The first-order chi connectivity index (χ1) is 7.65. The van der Waals surface area contributed by atoms with Crippen LogP contribution in [0, 0.1) is 5.92 Å². The lowest BCUT2D eigenvalue weighted by molar-refractivity contribution is -0.155. The zero-order chi connectivity index (χ0) is 12.4. The summed E-state index contributed by atoms with van der Waals surface area (Å²) in [4.78, 5) is 10.8. The van der Waals surface area contributed by atoms with Crippen LogP contribution in [0.1, 0.15) is 39.5 Å². The van der Waals surface area contributed by atoms with Crippen LogP contribution in [0.5, 0.6) is 0 Å². The molecule has 0 saturated carbocycles. The topological polar surface area (TPSA) is 55.8 Å². The molecule has 0 saturated heterocycles. The van der Waals surface area contributed by atoms with E-state index < -0.39 is 12.1 Å². The number of carbonyl (C=O) groups is 1. The zero-order valence-electron chi connectivity index (χ0n) is 10.6. The third kappa shape index (κ3) is 6.80. The Hall–Kier alpha value is -0.610. The van der Waals surface area contributed by atoms with E-state index in [0.717, 1.165) is 19.3 Å². The number of carboxylic acids is 1. The largest absolute Gasteiger partial charge is 0.479 e. The highest BCUT2D eigenvalue weighted by Gasteiger charge is 2.19. The first-order valence-corrected chi connectivity index (χ1v) is 5.98. The molecule has 4 nitrogen and oxygen atoms in total. The molecule has 0 heterocycles. The molecule has 0 bridgehead atoms. The van der Waals surface area contributed by atoms with Crippen LogP contribution in [0.25, 0.3) is 0 Å². The molecule has 0 radical (unpaired) electrons. The average Bonchev–Trinajstić information content (AvgIpc) is 2.27. The number of methoxy groups -OCH3 is 1. The summed E-state index contributed by atoms with van der Waals surface area (Å²) in [6, 6.07) is 0. The van der Waals surface area contributed by atoms with Gasteiger partial charge in [0.1, 0.15) is 0 Å². The van der Waals surface area contributed by atoms with Gasteiger partial charge in [0.15, 0.2) is 6.10 Å². The van der Waals surface area contributed by atoms with Crippen molar-refractivity contribution < 1.29 is 19.4 Å². The predicted molar refractivity (Wildman–Crippen MR) is 62.6 cm³/mol. The summed E-state index contributed by atoms with van der Waals surface area (Å²) in [7, 11) is 1.48. The van der Waals surface area contributed by atoms with E-state index in [1.807, 2.05) is 0 Å². The highest BCUT2D eigenvalue weighted by Crippen LogP contribution is 2.13. The quantitative estimate of drug-likeness (QED) is 0.628. The van der Waals surface area contributed by atoms with Gasteiger partial charge in [-0.15, -0.1) is 0 Å². The van der Waals surface area contributed by atoms with Crippen molar-refractivity contribution in [2.45, 2.75) is 45.6 Å². The fourth-order valence-corrected chi connectivity index (χ4v) is 1.49. The average molecular weight is 232 g/mol. The first kappa shape index (κ1) is 15.4. The van der Waals surface area contributed by atoms with Gasteiger partial charge in [-0.2, -0.15) is 0 Å². The molecule has 0 aliphatic carbocycles. The second-order valence-electron chi connectivity index (χ2n) is 4.03. The second-order valence-corrected chi connectivity index (χ2v) is 4.03. The molecule has 2 atom stereocenters. The van der Waals surface area contributed by atoms with Crippen molar-refractivity contribution >= 4 is 5.97 Å². The van der Waals surface area contributed by atoms with Gasteiger partial charge in [-0.05, 0) is 12.3 Å². The smallest absolute Gasteiger partial charge is 0.335 e. The summed E-state index contributed by atoms with van der Waals surface area (Å²) in [5.41, 5.74) is 0. The molecule has 4 heteroatoms. The van der Waals surface area contributed by atoms with Crippen LogP contribution in [0.3, 0.4) is 0 Å². The van der Waals surface area contributed by atoms with Crippen LogP contribution in [-0.2, 0) is 14.3 Å². The molecule has 1 N–H and O–H groups in total. The Balaban J connectivity index is 3.90. The molecule has 0 aliphatic rings. The van der Waals surface area contributed by atoms with Crippen LogP contribution in [0.4, 0.5) is 0 Å². The van der Waals surface area contributed by atoms with Gasteiger partial charge in [0, 0.05) is 7.11 Å². The number of rotatable bonds is 10. The summed E-state index contributed by atoms with van der Waals surface area (Å²) in [6.07, 6.45) is 3.63. The Morgan fingerprint density at radius 3 is 2.44 bits per heavy atom. The van der Waals surface area contributed by atoms with Crippen molar-refractivity contribution in [1.82, 2.24) is 0 Å². The zero-order valence-corrected chi connectivity index (χ0v) is 10.6. The van der Waals surface area contributed by atoms with Gasteiger partial charge in [0.05, 0.1) is 13.2 Å². The predicted octanol–water partition coefficient (Wildman–Crippen LogP) is 2.32. The lowest BCUT2D eigenvalue weighted by Gasteiger charge is -2.18. The van der Waals surface area contributed by atoms with Gasteiger partial charge >= 0.3 is 5.97 Å². The highest BCUT2D eigenvalue weighted by molar-refractivity contribution is 5.72. The Morgan fingerprint density at radius 1 is 1.31 bits per heavy atom. The molecule has 0 aromatic rings. The maximum atomic E-state index is 10.8. The number of hydrogen-bond donors (Lipinski definition) is 1. The standard InChI is InChI=1S/C12H24O4/c1-4-6-7-10(5-2)8-16-11(9-15-3)12(13)14/h10-11H,4-9H2,1-3H3,(H,13,14). The maximum Gasteiger partial charge on any atom is 0.335 e. The molecular formula is C12H24O4. The lowest BCUT2D eigenvalue weighted by Crippen LogP contribution is -2.30. The third-order valence-electron chi connectivity index (χ3n) is 2.67. The number of aliphatic carboxylic acids is 1. The van der Waals surface area contributed by atoms with E-state index in [9.17, 15) is 4.79 Å². The molecule has 0 aliphatic heterocycles. The van der Waals surface area contributed by atoms with E-state index in [-0.39, 0.29) is 6.61 Å². The van der Waals surface area contributed by atoms with E-state index in [1.54, 1.807) is 0 Å². The van der Waals surface area contributed by atoms with Gasteiger partial charge in [-0.1, -0.05) is 33.1 Å². The fraction of sp³-hybridized carbons (Fsp3) is 0.917. The van der Waals surface area contributed by atoms with Crippen LogP contribution in [0.2, 0.25) is 0 Å². The van der Waals surface area contributed by atoms with E-state index in [0.29, 0.717) is 12.5 Å². The summed E-state index contributed by atoms with van der Waals surface area (Å²) < 4.78 is 10.2. The lowest BCUT2D eigenvalue weighted by atomic mass is 10.0. The summed E-state index contributed by atoms with van der Waals surface area (Å²) in [5, 5.41) is 8.86. The van der Waals surface area contributed by atoms with Crippen molar-refractivity contribution in [2.75, 3.05) is 20.3 Å². The molecule has 96 valence electrons. The molecule has 2 unspecified atom stereocenters. The van der Waals surface area contributed by atoms with Gasteiger partial charge in [-0.25, -0.2) is 4.79 Å². The second kappa shape index (κ2) is 9.60. The van der Waals surface area contributed by atoms with Crippen molar-refractivity contribution in [3.05, 3.63) is 0 Å². The highest BCUT2D eigenvalue weighted by atomic mass is 16.5. The number of hydrogen-bond acceptors (Lipinski definition) is 3. The normalized spacial score (nSPS) is 14.7. The molecule has 0 aromatic heterocycles. The van der Waals surface area contributed by atoms with Crippen molar-refractivity contribution in [3.8, 4) is 0 Å². The third-order valence-corrected chi connectivity index (χ3v) is 2.67. The Labute approximate surface area is 97.9 Å². The van der Waals surface area contributed by atoms with E-state index in [2.05, 4.69) is 13.8 Å². The van der Waals surface area contributed by atoms with Gasteiger partial charge in [-0.3, -0.25) is 0 Å². The number of carboxylic acid groups (broad SMARTS) is 1. The van der Waals surface area contributed by atoms with Crippen LogP contribution in [0.15, 0.2) is 0 Å². The maximum absolute atomic E-state index is 10.8. The van der Waals surface area contributed by atoms with Crippen molar-refractivity contribution in [1.29, 1.82) is 0 Å². The van der Waals surface area contributed by atoms with Crippen LogP contribution < -0.4 is 0 Å². The minimum absolute atomic E-state index is 0.111. The van der Waals surface area contributed by atoms with E-state index in [1.165, 1.54) is 13.5 Å². The van der Waals surface area contributed by atoms with E-state index >= 15 is 0 Å². The molecule has 0 spiro atoms. The first-order valence-electron chi connectivity index (χ1n) is 5.98. The number of unbranched alkanes of at least 4 members (excludes halogenated alkanes) is 1. The minimum Gasteiger partial charge on any atom is -0.479 e. The van der Waals surface area contributed by atoms with E-state index in [4.69, 9.17) is 14.6 Å². The van der Waals surface area contributed by atoms with Crippen molar-refractivity contribution in [2.24, 2.45) is 5.92 Å². The Bertz CT molecular complexity index is 182. The fourth-order valence-electron chi connectivity index (χ4n) is 1.49. The van der Waals surface area contributed by atoms with Gasteiger partial charge < -0.3 is 14.6 Å². The summed E-state index contributed by atoms with van der Waals surface area (Å²) in [5.74, 6) is -0.495. The molecule has 16 heavy (non-hydrogen) atoms. The van der Waals surface area contributed by atoms with Gasteiger partial charge in [0.25, 0.3) is 0 Å². The van der Waals surface area contributed by atoms with Crippen molar-refractivity contribution in [3.63, 3.8) is 0 Å². The van der Waals surface area contributed by atoms with Crippen LogP contribution >= 0.6 is 0 Å². The molecule has 0 fully saturated rings. The SMILES string of the molecule is CCCCC(CC)COC(COC)C(=O)O. The number of ether oxygens (including phenoxy) is 2.